The van der Waals surface area contributed by atoms with Crippen molar-refractivity contribution < 1.29 is 37.9 Å². The fourth-order valence-corrected chi connectivity index (χ4v) is 5.08. The van der Waals surface area contributed by atoms with Crippen molar-refractivity contribution in [2.45, 2.75) is 101 Å². The van der Waals surface area contributed by atoms with Crippen molar-refractivity contribution in [3.8, 4) is 0 Å². The Morgan fingerprint density at radius 3 is 0.865 bits per heavy atom. The van der Waals surface area contributed by atoms with Gasteiger partial charge in [0, 0.05) is 26.4 Å². The van der Waals surface area contributed by atoms with E-state index in [4.69, 9.17) is 37.9 Å². The van der Waals surface area contributed by atoms with Crippen LogP contribution in [0.2, 0.25) is 0 Å². The van der Waals surface area contributed by atoms with Crippen LogP contribution in [0.25, 0.3) is 0 Å². The third-order valence-electron chi connectivity index (χ3n) is 7.81. The van der Waals surface area contributed by atoms with E-state index >= 15 is 0 Å². The fourth-order valence-electron chi connectivity index (χ4n) is 5.08. The van der Waals surface area contributed by atoms with E-state index in [1.165, 1.54) is 51.4 Å². The first-order valence-electron chi connectivity index (χ1n) is 15.1. The van der Waals surface area contributed by atoms with Crippen molar-refractivity contribution in [2.75, 3.05) is 79.3 Å². The minimum atomic E-state index is 0.357. The molecule has 8 heteroatoms. The summed E-state index contributed by atoms with van der Waals surface area (Å²) in [4.78, 5) is 0. The van der Waals surface area contributed by atoms with Crippen molar-refractivity contribution in [3.63, 3.8) is 0 Å². The molecule has 4 unspecified atom stereocenters. The molecule has 0 spiro atoms. The number of rotatable bonds is 28. The summed E-state index contributed by atoms with van der Waals surface area (Å²) in [5.74, 6) is 0. The summed E-state index contributed by atoms with van der Waals surface area (Å²) < 4.78 is 44.3. The zero-order chi connectivity index (χ0) is 25.4. The van der Waals surface area contributed by atoms with Crippen LogP contribution in [0, 0.1) is 5.41 Å². The Kier molecular flexibility index (Phi) is 13.9. The predicted octanol–water partition coefficient (Wildman–Crippen LogP) is 4.32. The van der Waals surface area contributed by atoms with Gasteiger partial charge in [-0.2, -0.15) is 0 Å². The lowest BCUT2D eigenvalue weighted by atomic mass is 9.71. The molecule has 0 bridgehead atoms. The SMILES string of the molecule is C(CCC(CCCCOCC1CO1)(CCCCOCC1CO1)CCCCOCC1CO1)COCC1CO1. The van der Waals surface area contributed by atoms with Crippen LogP contribution in [0.4, 0.5) is 0 Å². The summed E-state index contributed by atoms with van der Waals surface area (Å²) in [7, 11) is 0. The Labute approximate surface area is 224 Å². The zero-order valence-electron chi connectivity index (χ0n) is 23.0. The summed E-state index contributed by atoms with van der Waals surface area (Å²) in [5.41, 5.74) is 0.387. The van der Waals surface area contributed by atoms with Crippen molar-refractivity contribution in [2.24, 2.45) is 5.41 Å². The minimum Gasteiger partial charge on any atom is -0.379 e. The maximum Gasteiger partial charge on any atom is 0.104 e. The highest BCUT2D eigenvalue weighted by molar-refractivity contribution is 4.80. The fraction of sp³-hybridized carbons (Fsp3) is 1.00. The molecular weight excluding hydrogens is 476 g/mol. The molecule has 4 heterocycles. The lowest BCUT2D eigenvalue weighted by Crippen LogP contribution is -2.22. The summed E-state index contributed by atoms with van der Waals surface area (Å²) in [6, 6.07) is 0. The van der Waals surface area contributed by atoms with E-state index < -0.39 is 0 Å². The number of epoxide rings is 4. The molecule has 0 N–H and O–H groups in total. The molecule has 4 aliphatic rings. The van der Waals surface area contributed by atoms with E-state index in [-0.39, 0.29) is 0 Å². The molecule has 0 aromatic heterocycles. The van der Waals surface area contributed by atoms with E-state index in [1.807, 2.05) is 0 Å². The van der Waals surface area contributed by atoms with Gasteiger partial charge >= 0.3 is 0 Å². The van der Waals surface area contributed by atoms with Gasteiger partial charge < -0.3 is 37.9 Å². The van der Waals surface area contributed by atoms with Crippen LogP contribution in [0.1, 0.15) is 77.0 Å². The molecule has 0 radical (unpaired) electrons. The van der Waals surface area contributed by atoms with Crippen molar-refractivity contribution in [1.82, 2.24) is 0 Å². The molecular formula is C29H52O8. The summed E-state index contributed by atoms with van der Waals surface area (Å²) in [5, 5.41) is 0. The normalized spacial score (nSPS) is 27.2. The third kappa shape index (κ3) is 15.2. The Hall–Kier alpha value is -0.320. The van der Waals surface area contributed by atoms with Gasteiger partial charge in [0.15, 0.2) is 0 Å². The lowest BCUT2D eigenvalue weighted by Gasteiger charge is -2.35. The molecule has 0 aromatic carbocycles. The van der Waals surface area contributed by atoms with Crippen LogP contribution < -0.4 is 0 Å². The average molecular weight is 529 g/mol. The Bertz CT molecular complexity index is 473. The van der Waals surface area contributed by atoms with E-state index in [0.717, 1.165) is 105 Å². The summed E-state index contributed by atoms with van der Waals surface area (Å²) >= 11 is 0. The molecule has 216 valence electrons. The molecule has 4 atom stereocenters. The third-order valence-corrected chi connectivity index (χ3v) is 7.81. The largest absolute Gasteiger partial charge is 0.379 e. The highest BCUT2D eigenvalue weighted by atomic mass is 16.6. The van der Waals surface area contributed by atoms with Gasteiger partial charge in [0.2, 0.25) is 0 Å². The summed E-state index contributed by atoms with van der Waals surface area (Å²) in [6.07, 6.45) is 16.0. The average Bonchev–Trinajstić information content (AvgIpc) is 3.70. The zero-order valence-corrected chi connectivity index (χ0v) is 23.0. The van der Waals surface area contributed by atoms with E-state index in [0.29, 0.717) is 29.8 Å². The van der Waals surface area contributed by atoms with Crippen molar-refractivity contribution >= 4 is 0 Å². The molecule has 37 heavy (non-hydrogen) atoms. The first kappa shape index (κ1) is 29.7. The topological polar surface area (TPSA) is 87.0 Å². The molecule has 0 saturated carbocycles. The van der Waals surface area contributed by atoms with Crippen LogP contribution >= 0.6 is 0 Å². The van der Waals surface area contributed by atoms with Gasteiger partial charge in [-0.25, -0.2) is 0 Å². The number of hydrogen-bond donors (Lipinski definition) is 0. The Morgan fingerprint density at radius 1 is 0.405 bits per heavy atom. The smallest absolute Gasteiger partial charge is 0.104 e. The van der Waals surface area contributed by atoms with Crippen LogP contribution in [0.15, 0.2) is 0 Å². The van der Waals surface area contributed by atoms with E-state index in [9.17, 15) is 0 Å². The first-order valence-corrected chi connectivity index (χ1v) is 15.1. The quantitative estimate of drug-likeness (QED) is 0.110. The highest BCUT2D eigenvalue weighted by Gasteiger charge is 2.29. The predicted molar refractivity (Wildman–Crippen MR) is 140 cm³/mol. The number of hydrogen-bond acceptors (Lipinski definition) is 8. The first-order chi connectivity index (χ1) is 18.3. The van der Waals surface area contributed by atoms with Gasteiger partial charge in [-0.05, 0) is 56.8 Å². The molecule has 4 fully saturated rings. The molecule has 8 nitrogen and oxygen atoms in total. The Balaban J connectivity index is 1.17. The maximum absolute atomic E-state index is 5.82. The summed E-state index contributed by atoms with van der Waals surface area (Å²) in [6.45, 7) is 9.91. The number of ether oxygens (including phenoxy) is 8. The van der Waals surface area contributed by atoms with E-state index in [2.05, 4.69) is 0 Å². The molecule has 4 aliphatic heterocycles. The van der Waals surface area contributed by atoms with Gasteiger partial charge in [-0.15, -0.1) is 0 Å². The second-order valence-electron chi connectivity index (χ2n) is 11.4. The van der Waals surface area contributed by atoms with Gasteiger partial charge in [0.1, 0.15) is 24.4 Å². The van der Waals surface area contributed by atoms with Gasteiger partial charge in [0.25, 0.3) is 0 Å². The molecule has 0 aromatic rings. The molecule has 4 saturated heterocycles. The maximum atomic E-state index is 5.82. The van der Waals surface area contributed by atoms with Gasteiger partial charge in [-0.3, -0.25) is 0 Å². The standard InChI is InChI=1S/C29H52O8/c1(5-13-30-17-25-21-34-25)9-29(10-2-6-14-31-18-26-22-35-26,11-3-7-15-32-19-27-23-36-27)12-4-8-16-33-20-28-24-37-28/h25-28H,1-24H2. The van der Waals surface area contributed by atoms with Gasteiger partial charge in [-0.1, -0.05) is 25.7 Å². The van der Waals surface area contributed by atoms with Crippen molar-refractivity contribution in [1.29, 1.82) is 0 Å². The number of unbranched alkanes of at least 4 members (excludes halogenated alkanes) is 4. The molecule has 4 rings (SSSR count). The highest BCUT2D eigenvalue weighted by Crippen LogP contribution is 2.41. The van der Waals surface area contributed by atoms with Crippen LogP contribution in [-0.2, 0) is 37.9 Å². The second kappa shape index (κ2) is 17.4. The van der Waals surface area contributed by atoms with Crippen LogP contribution in [0.5, 0.6) is 0 Å². The van der Waals surface area contributed by atoms with Crippen LogP contribution in [-0.4, -0.2) is 104 Å². The Morgan fingerprint density at radius 2 is 0.649 bits per heavy atom. The monoisotopic (exact) mass is 528 g/mol. The van der Waals surface area contributed by atoms with Gasteiger partial charge in [0.05, 0.1) is 52.9 Å². The van der Waals surface area contributed by atoms with Crippen LogP contribution in [0.3, 0.4) is 0 Å². The van der Waals surface area contributed by atoms with Crippen molar-refractivity contribution in [3.05, 3.63) is 0 Å². The lowest BCUT2D eigenvalue weighted by molar-refractivity contribution is 0.0891. The van der Waals surface area contributed by atoms with E-state index in [1.54, 1.807) is 0 Å². The molecule has 0 amide bonds. The second-order valence-corrected chi connectivity index (χ2v) is 11.4. The minimum absolute atomic E-state index is 0.357. The molecule has 0 aliphatic carbocycles.